The summed E-state index contributed by atoms with van der Waals surface area (Å²) in [5, 5.41) is 0. The van der Waals surface area contributed by atoms with Gasteiger partial charge in [-0.25, -0.2) is 4.79 Å². The molecule has 3 rings (SSSR count). The molecule has 1 aromatic carbocycles. The molecule has 1 aromatic rings. The number of carbonyl (C=O) groups excluding carboxylic acids is 2. The predicted molar refractivity (Wildman–Crippen MR) is 60.4 cm³/mol. The van der Waals surface area contributed by atoms with E-state index in [9.17, 15) is 9.59 Å². The van der Waals surface area contributed by atoms with Crippen molar-refractivity contribution in [3.63, 3.8) is 0 Å². The Bertz CT molecular complexity index is 509. The molecule has 1 atom stereocenters. The fraction of sp³-hybridized carbons (Fsp3) is 0.385. The Hall–Kier alpha value is -1.84. The third-order valence-corrected chi connectivity index (χ3v) is 3.46. The maximum absolute atomic E-state index is 12.3. The standard InChI is InChI=1S/C13H13NO3/c1-8-3-2-4-9-7-14(12(15)11(8)9)10-5-6-17-13(10)16/h2-4,10H,5-7H2,1H3/t10-/m1/s1. The topological polar surface area (TPSA) is 46.6 Å². The lowest BCUT2D eigenvalue weighted by Gasteiger charge is -2.19. The van der Waals surface area contributed by atoms with Crippen LogP contribution in [0.1, 0.15) is 27.9 Å². The number of hydrogen-bond acceptors (Lipinski definition) is 3. The van der Waals surface area contributed by atoms with Crippen molar-refractivity contribution in [2.45, 2.75) is 25.9 Å². The van der Waals surface area contributed by atoms with Gasteiger partial charge in [0, 0.05) is 18.5 Å². The Morgan fingerprint density at radius 3 is 2.82 bits per heavy atom. The summed E-state index contributed by atoms with van der Waals surface area (Å²) in [6.07, 6.45) is 0.609. The Morgan fingerprint density at radius 2 is 2.18 bits per heavy atom. The van der Waals surface area contributed by atoms with E-state index in [0.29, 0.717) is 19.6 Å². The van der Waals surface area contributed by atoms with E-state index in [2.05, 4.69) is 0 Å². The number of ether oxygens (including phenoxy) is 1. The summed E-state index contributed by atoms with van der Waals surface area (Å²) < 4.78 is 4.92. The number of benzene rings is 1. The summed E-state index contributed by atoms with van der Waals surface area (Å²) in [7, 11) is 0. The number of amides is 1. The monoisotopic (exact) mass is 231 g/mol. The molecule has 1 fully saturated rings. The van der Waals surface area contributed by atoms with Crippen molar-refractivity contribution in [1.29, 1.82) is 0 Å². The first-order valence-electron chi connectivity index (χ1n) is 5.74. The van der Waals surface area contributed by atoms with Crippen LogP contribution in [0.2, 0.25) is 0 Å². The SMILES string of the molecule is Cc1cccc2c1C(=O)N([C@@H]1CCOC1=O)C2. The summed E-state index contributed by atoms with van der Waals surface area (Å²) in [6.45, 7) is 2.87. The van der Waals surface area contributed by atoms with Gasteiger partial charge in [-0.1, -0.05) is 18.2 Å². The van der Waals surface area contributed by atoms with Gasteiger partial charge in [-0.2, -0.15) is 0 Å². The fourth-order valence-corrected chi connectivity index (χ4v) is 2.59. The van der Waals surface area contributed by atoms with Gasteiger partial charge in [-0.15, -0.1) is 0 Å². The van der Waals surface area contributed by atoms with Gasteiger partial charge in [0.05, 0.1) is 6.61 Å². The zero-order valence-electron chi connectivity index (χ0n) is 9.60. The van der Waals surface area contributed by atoms with Crippen LogP contribution in [0.3, 0.4) is 0 Å². The van der Waals surface area contributed by atoms with Gasteiger partial charge in [0.15, 0.2) is 0 Å². The Labute approximate surface area is 99.2 Å². The van der Waals surface area contributed by atoms with Crippen LogP contribution in [0.25, 0.3) is 0 Å². The summed E-state index contributed by atoms with van der Waals surface area (Å²) in [4.78, 5) is 25.4. The molecule has 2 heterocycles. The van der Waals surface area contributed by atoms with Crippen molar-refractivity contribution >= 4 is 11.9 Å². The van der Waals surface area contributed by atoms with Gasteiger partial charge >= 0.3 is 5.97 Å². The molecule has 4 nitrogen and oxygen atoms in total. The Morgan fingerprint density at radius 1 is 1.35 bits per heavy atom. The van der Waals surface area contributed by atoms with Crippen molar-refractivity contribution < 1.29 is 14.3 Å². The first kappa shape index (κ1) is 10.3. The van der Waals surface area contributed by atoms with Crippen molar-refractivity contribution in [3.8, 4) is 0 Å². The van der Waals surface area contributed by atoms with E-state index in [4.69, 9.17) is 4.74 Å². The van der Waals surface area contributed by atoms with Gasteiger partial charge < -0.3 is 9.64 Å². The second-order valence-electron chi connectivity index (χ2n) is 4.51. The lowest BCUT2D eigenvalue weighted by atomic mass is 10.0. The second-order valence-corrected chi connectivity index (χ2v) is 4.51. The first-order chi connectivity index (χ1) is 8.18. The van der Waals surface area contributed by atoms with Gasteiger partial charge in [0.2, 0.25) is 0 Å². The lowest BCUT2D eigenvalue weighted by molar-refractivity contribution is -0.141. The van der Waals surface area contributed by atoms with E-state index in [1.165, 1.54) is 0 Å². The smallest absolute Gasteiger partial charge is 0.329 e. The molecular weight excluding hydrogens is 218 g/mol. The Balaban J connectivity index is 1.96. The minimum atomic E-state index is -0.394. The molecule has 1 amide bonds. The molecule has 0 N–H and O–H groups in total. The lowest BCUT2D eigenvalue weighted by Crippen LogP contribution is -2.38. The average molecular weight is 231 g/mol. The molecule has 0 radical (unpaired) electrons. The van der Waals surface area contributed by atoms with Crippen LogP contribution in [-0.4, -0.2) is 29.4 Å². The Kier molecular flexibility index (Phi) is 2.18. The molecule has 2 aliphatic heterocycles. The number of carbonyl (C=O) groups is 2. The van der Waals surface area contributed by atoms with Crippen LogP contribution in [0.4, 0.5) is 0 Å². The largest absolute Gasteiger partial charge is 0.464 e. The van der Waals surface area contributed by atoms with Crippen molar-refractivity contribution in [2.24, 2.45) is 0 Å². The number of aryl methyl sites for hydroxylation is 1. The highest BCUT2D eigenvalue weighted by Gasteiger charge is 2.40. The van der Waals surface area contributed by atoms with Gasteiger partial charge in [0.25, 0.3) is 5.91 Å². The maximum atomic E-state index is 12.3. The fourth-order valence-electron chi connectivity index (χ4n) is 2.59. The molecule has 2 aliphatic rings. The molecule has 0 spiro atoms. The zero-order chi connectivity index (χ0) is 12.0. The number of nitrogens with zero attached hydrogens (tertiary/aromatic N) is 1. The highest BCUT2D eigenvalue weighted by atomic mass is 16.5. The average Bonchev–Trinajstić information content (AvgIpc) is 2.84. The molecule has 1 saturated heterocycles. The zero-order valence-corrected chi connectivity index (χ0v) is 9.60. The van der Waals surface area contributed by atoms with E-state index in [1.807, 2.05) is 25.1 Å². The third-order valence-electron chi connectivity index (χ3n) is 3.46. The van der Waals surface area contributed by atoms with E-state index in [1.54, 1.807) is 4.90 Å². The molecule has 0 unspecified atom stereocenters. The summed E-state index contributed by atoms with van der Waals surface area (Å²) in [5.41, 5.74) is 2.74. The second kappa shape index (κ2) is 3.58. The maximum Gasteiger partial charge on any atom is 0.329 e. The molecule has 0 bridgehead atoms. The van der Waals surface area contributed by atoms with Crippen LogP contribution >= 0.6 is 0 Å². The van der Waals surface area contributed by atoms with E-state index < -0.39 is 6.04 Å². The minimum absolute atomic E-state index is 0.0399. The van der Waals surface area contributed by atoms with Crippen molar-refractivity contribution in [3.05, 3.63) is 34.9 Å². The predicted octanol–water partition coefficient (Wildman–Crippen LogP) is 1.27. The normalized spacial score (nSPS) is 22.9. The van der Waals surface area contributed by atoms with Gasteiger partial charge in [-0.3, -0.25) is 4.79 Å². The number of rotatable bonds is 1. The van der Waals surface area contributed by atoms with Gasteiger partial charge in [0.1, 0.15) is 6.04 Å². The molecular formula is C13H13NO3. The molecule has 0 aromatic heterocycles. The van der Waals surface area contributed by atoms with Crippen LogP contribution in [0.15, 0.2) is 18.2 Å². The van der Waals surface area contributed by atoms with E-state index in [0.717, 1.165) is 16.7 Å². The number of esters is 1. The highest BCUT2D eigenvalue weighted by Crippen LogP contribution is 2.29. The van der Waals surface area contributed by atoms with Crippen LogP contribution in [0.5, 0.6) is 0 Å². The van der Waals surface area contributed by atoms with Crippen LogP contribution < -0.4 is 0 Å². The number of fused-ring (bicyclic) bond motifs is 1. The summed E-state index contributed by atoms with van der Waals surface area (Å²) >= 11 is 0. The van der Waals surface area contributed by atoms with Crippen LogP contribution in [0, 0.1) is 6.92 Å². The summed E-state index contributed by atoms with van der Waals surface area (Å²) in [5.74, 6) is -0.314. The molecule has 0 saturated carbocycles. The highest BCUT2D eigenvalue weighted by molar-refractivity contribution is 6.01. The molecule has 4 heteroatoms. The van der Waals surface area contributed by atoms with Crippen molar-refractivity contribution in [2.75, 3.05) is 6.61 Å². The van der Waals surface area contributed by atoms with E-state index in [-0.39, 0.29) is 11.9 Å². The quantitative estimate of drug-likeness (QED) is 0.684. The van der Waals surface area contributed by atoms with E-state index >= 15 is 0 Å². The minimum Gasteiger partial charge on any atom is -0.464 e. The van der Waals surface area contributed by atoms with Crippen molar-refractivity contribution in [1.82, 2.24) is 4.90 Å². The first-order valence-corrected chi connectivity index (χ1v) is 5.74. The number of hydrogen-bond donors (Lipinski definition) is 0. The number of cyclic esters (lactones) is 1. The molecule has 88 valence electrons. The molecule has 17 heavy (non-hydrogen) atoms. The van der Waals surface area contributed by atoms with Crippen LogP contribution in [-0.2, 0) is 16.1 Å². The van der Waals surface area contributed by atoms with Gasteiger partial charge in [-0.05, 0) is 18.1 Å². The molecule has 0 aliphatic carbocycles. The third kappa shape index (κ3) is 1.44. The summed E-state index contributed by atoms with van der Waals surface area (Å²) in [6, 6.07) is 5.42.